The van der Waals surface area contributed by atoms with Crippen molar-refractivity contribution in [1.82, 2.24) is 0 Å². The number of carbonyl (C=O) groups is 1. The van der Waals surface area contributed by atoms with Gasteiger partial charge in [0.2, 0.25) is 0 Å². The van der Waals surface area contributed by atoms with Gasteiger partial charge in [-0.25, -0.2) is 0 Å². The third-order valence-electron chi connectivity index (χ3n) is 6.44. The molecule has 0 aromatic heterocycles. The summed E-state index contributed by atoms with van der Waals surface area (Å²) in [4.78, 5) is 12.4. The molecule has 3 rings (SSSR count). The van der Waals surface area contributed by atoms with Crippen LogP contribution in [0.2, 0.25) is 0 Å². The first-order valence-corrected chi connectivity index (χ1v) is 9.10. The molecule has 3 aliphatic rings. The molecule has 0 aromatic rings. The van der Waals surface area contributed by atoms with Crippen molar-refractivity contribution in [3.05, 3.63) is 0 Å². The van der Waals surface area contributed by atoms with Gasteiger partial charge in [0.25, 0.3) is 0 Å². The van der Waals surface area contributed by atoms with Gasteiger partial charge in [0.05, 0.1) is 30.3 Å². The maximum absolute atomic E-state index is 12.4. The SMILES string of the molecule is CCC(C)(CC(C)(C)C)C(C)OC1C2CC3C(O)C(=O)C1C3O2. The number of ketones is 1. The molecule has 4 nitrogen and oxygen atoms in total. The summed E-state index contributed by atoms with van der Waals surface area (Å²) >= 11 is 0. The van der Waals surface area contributed by atoms with E-state index in [1.54, 1.807) is 0 Å². The first kappa shape index (κ1) is 17.4. The number of fused-ring (bicyclic) bond motifs is 1. The largest absolute Gasteiger partial charge is 0.385 e. The average molecular weight is 324 g/mol. The van der Waals surface area contributed by atoms with Crippen LogP contribution in [0, 0.1) is 22.7 Å². The summed E-state index contributed by atoms with van der Waals surface area (Å²) in [5, 5.41) is 10.1. The number of carbonyl (C=O) groups excluding carboxylic acids is 1. The summed E-state index contributed by atoms with van der Waals surface area (Å²) in [5.41, 5.74) is 0.303. The number of aliphatic hydroxyl groups is 1. The van der Waals surface area contributed by atoms with E-state index >= 15 is 0 Å². The van der Waals surface area contributed by atoms with Crippen molar-refractivity contribution in [1.29, 1.82) is 0 Å². The van der Waals surface area contributed by atoms with Crippen LogP contribution in [-0.2, 0) is 14.3 Å². The van der Waals surface area contributed by atoms with Crippen molar-refractivity contribution in [3.8, 4) is 0 Å². The van der Waals surface area contributed by atoms with Gasteiger partial charge in [-0.15, -0.1) is 0 Å². The maximum atomic E-state index is 12.4. The first-order valence-electron chi connectivity index (χ1n) is 9.10. The van der Waals surface area contributed by atoms with Gasteiger partial charge >= 0.3 is 0 Å². The highest BCUT2D eigenvalue weighted by Crippen LogP contribution is 2.53. The number of aliphatic hydroxyl groups excluding tert-OH is 1. The zero-order chi connectivity index (χ0) is 17.2. The van der Waals surface area contributed by atoms with Crippen molar-refractivity contribution in [3.63, 3.8) is 0 Å². The Labute approximate surface area is 139 Å². The number of rotatable bonds is 5. The predicted octanol–water partition coefficient (Wildman–Crippen LogP) is 2.96. The Morgan fingerprint density at radius 3 is 2.57 bits per heavy atom. The molecule has 23 heavy (non-hydrogen) atoms. The Morgan fingerprint density at radius 1 is 1.35 bits per heavy atom. The second-order valence-electron chi connectivity index (χ2n) is 9.40. The Balaban J connectivity index is 1.73. The summed E-state index contributed by atoms with van der Waals surface area (Å²) in [7, 11) is 0. The second-order valence-corrected chi connectivity index (χ2v) is 9.40. The maximum Gasteiger partial charge on any atom is 0.170 e. The number of hydrogen-bond acceptors (Lipinski definition) is 4. The normalized spacial score (nSPS) is 43.0. The van der Waals surface area contributed by atoms with Gasteiger partial charge in [-0.1, -0.05) is 34.6 Å². The van der Waals surface area contributed by atoms with E-state index in [1.807, 2.05) is 0 Å². The van der Waals surface area contributed by atoms with Gasteiger partial charge in [0, 0.05) is 5.92 Å². The highest BCUT2D eigenvalue weighted by atomic mass is 16.6. The van der Waals surface area contributed by atoms with Crippen molar-refractivity contribution in [2.75, 3.05) is 0 Å². The van der Waals surface area contributed by atoms with E-state index in [4.69, 9.17) is 9.47 Å². The highest BCUT2D eigenvalue weighted by Gasteiger charge is 2.66. The fourth-order valence-electron chi connectivity index (χ4n) is 5.12. The Bertz CT molecular complexity index is 482. The molecule has 132 valence electrons. The zero-order valence-corrected chi connectivity index (χ0v) is 15.3. The van der Waals surface area contributed by atoms with Crippen LogP contribution in [0.4, 0.5) is 0 Å². The fourth-order valence-corrected chi connectivity index (χ4v) is 5.12. The molecule has 0 spiro atoms. The minimum absolute atomic E-state index is 0.000194. The lowest BCUT2D eigenvalue weighted by Crippen LogP contribution is -2.44. The summed E-state index contributed by atoms with van der Waals surface area (Å²) in [5.74, 6) is -0.321. The van der Waals surface area contributed by atoms with Gasteiger partial charge in [-0.2, -0.15) is 0 Å². The minimum Gasteiger partial charge on any atom is -0.385 e. The number of hydrogen-bond donors (Lipinski definition) is 1. The average Bonchev–Trinajstić information content (AvgIpc) is 3.05. The van der Waals surface area contributed by atoms with Crippen LogP contribution in [0.3, 0.4) is 0 Å². The standard InChI is InChI=1S/C19H32O4/c1-7-19(6,9-18(3,4)5)10(2)22-17-12-8-11-14(20)15(21)13(17)16(11)23-12/h10-14,16-17,20H,7-9H2,1-6H3. The topological polar surface area (TPSA) is 55.8 Å². The van der Waals surface area contributed by atoms with Gasteiger partial charge in [0.15, 0.2) is 5.78 Å². The van der Waals surface area contributed by atoms with E-state index in [0.29, 0.717) is 0 Å². The van der Waals surface area contributed by atoms with Gasteiger partial charge in [-0.3, -0.25) is 4.79 Å². The van der Waals surface area contributed by atoms with Crippen LogP contribution < -0.4 is 0 Å². The van der Waals surface area contributed by atoms with E-state index in [-0.39, 0.29) is 52.9 Å². The summed E-state index contributed by atoms with van der Waals surface area (Å²) in [6.07, 6.45) is 1.77. The summed E-state index contributed by atoms with van der Waals surface area (Å²) in [6, 6.07) is 0. The van der Waals surface area contributed by atoms with Crippen LogP contribution in [0.25, 0.3) is 0 Å². The lowest BCUT2D eigenvalue weighted by molar-refractivity contribution is -0.137. The first-order chi connectivity index (χ1) is 10.6. The molecule has 2 bridgehead atoms. The molecule has 2 saturated heterocycles. The van der Waals surface area contributed by atoms with Crippen LogP contribution in [0.5, 0.6) is 0 Å². The lowest BCUT2D eigenvalue weighted by atomic mass is 9.70. The van der Waals surface area contributed by atoms with Gasteiger partial charge < -0.3 is 14.6 Å². The van der Waals surface area contributed by atoms with Crippen LogP contribution in [0.15, 0.2) is 0 Å². The van der Waals surface area contributed by atoms with Gasteiger partial charge in [0.1, 0.15) is 6.10 Å². The van der Waals surface area contributed by atoms with E-state index in [0.717, 1.165) is 19.3 Å². The van der Waals surface area contributed by atoms with E-state index < -0.39 is 6.10 Å². The molecule has 0 aromatic carbocycles. The van der Waals surface area contributed by atoms with E-state index in [2.05, 4.69) is 41.5 Å². The van der Waals surface area contributed by atoms with Crippen LogP contribution in [-0.4, -0.2) is 41.4 Å². The van der Waals surface area contributed by atoms with Crippen LogP contribution in [0.1, 0.15) is 60.8 Å². The quantitative estimate of drug-likeness (QED) is 0.845. The van der Waals surface area contributed by atoms with Crippen molar-refractivity contribution >= 4 is 5.78 Å². The minimum atomic E-state index is -0.842. The molecular weight excluding hydrogens is 292 g/mol. The lowest BCUT2D eigenvalue weighted by Gasteiger charge is -2.41. The third kappa shape index (κ3) is 2.77. The monoisotopic (exact) mass is 324 g/mol. The van der Waals surface area contributed by atoms with E-state index in [9.17, 15) is 9.90 Å². The van der Waals surface area contributed by atoms with Crippen molar-refractivity contribution in [2.45, 2.75) is 91.3 Å². The molecule has 1 aliphatic carbocycles. The summed E-state index contributed by atoms with van der Waals surface area (Å²) < 4.78 is 12.4. The molecule has 2 aliphatic heterocycles. The Morgan fingerprint density at radius 2 is 2.00 bits per heavy atom. The Kier molecular flexibility index (Phi) is 4.18. The summed E-state index contributed by atoms with van der Waals surface area (Å²) in [6.45, 7) is 13.4. The molecule has 2 heterocycles. The smallest absolute Gasteiger partial charge is 0.170 e. The second kappa shape index (κ2) is 5.53. The predicted molar refractivity (Wildman–Crippen MR) is 88.1 cm³/mol. The molecule has 8 atom stereocenters. The molecule has 3 fully saturated rings. The zero-order valence-electron chi connectivity index (χ0n) is 15.3. The molecular formula is C19H32O4. The molecule has 0 amide bonds. The molecule has 1 N–H and O–H groups in total. The van der Waals surface area contributed by atoms with Crippen LogP contribution >= 0.6 is 0 Å². The van der Waals surface area contributed by atoms with Crippen molar-refractivity contribution < 1.29 is 19.4 Å². The molecule has 0 radical (unpaired) electrons. The molecule has 1 saturated carbocycles. The number of Topliss-reactive ketones (excluding diaryl/α,β-unsaturated/α-hetero) is 1. The fraction of sp³-hybridized carbons (Fsp3) is 0.947. The third-order valence-corrected chi connectivity index (χ3v) is 6.44. The molecule has 8 unspecified atom stereocenters. The van der Waals surface area contributed by atoms with E-state index in [1.165, 1.54) is 0 Å². The van der Waals surface area contributed by atoms with Gasteiger partial charge in [-0.05, 0) is 37.0 Å². The highest BCUT2D eigenvalue weighted by molar-refractivity contribution is 5.90. The van der Waals surface area contributed by atoms with Crippen molar-refractivity contribution in [2.24, 2.45) is 22.7 Å². The molecule has 4 heteroatoms. The Hall–Kier alpha value is -0.450. The number of ether oxygens (including phenoxy) is 2.